The second kappa shape index (κ2) is 7.96. The molecule has 2 unspecified atom stereocenters. The molecule has 1 aromatic carbocycles. The van der Waals surface area contributed by atoms with Gasteiger partial charge < -0.3 is 10.1 Å². The van der Waals surface area contributed by atoms with Crippen LogP contribution >= 0.6 is 0 Å². The van der Waals surface area contributed by atoms with Crippen molar-refractivity contribution in [3.8, 4) is 5.75 Å². The third-order valence-electron chi connectivity index (χ3n) is 5.38. The maximum Gasteiger partial charge on any atom is 0.251 e. The third-order valence-corrected chi connectivity index (χ3v) is 6.89. The number of methoxy groups -OCH3 is 1. The zero-order valence-corrected chi connectivity index (χ0v) is 16.3. The first-order valence-electron chi connectivity index (χ1n) is 9.39. The van der Waals surface area contributed by atoms with Crippen LogP contribution in [-0.4, -0.2) is 34.0 Å². The van der Waals surface area contributed by atoms with Gasteiger partial charge in [-0.2, -0.15) is 0 Å². The molecule has 2 saturated carbocycles. The van der Waals surface area contributed by atoms with Crippen LogP contribution in [0.15, 0.2) is 23.1 Å². The molecule has 0 aliphatic heterocycles. The van der Waals surface area contributed by atoms with Crippen molar-refractivity contribution in [1.82, 2.24) is 10.0 Å². The zero-order valence-electron chi connectivity index (χ0n) is 15.5. The summed E-state index contributed by atoms with van der Waals surface area (Å²) in [6.07, 6.45) is 6.31. The highest BCUT2D eigenvalue weighted by atomic mass is 32.2. The lowest BCUT2D eigenvalue weighted by Gasteiger charge is -2.29. The van der Waals surface area contributed by atoms with Gasteiger partial charge in [0.1, 0.15) is 10.6 Å². The molecule has 0 heterocycles. The van der Waals surface area contributed by atoms with Gasteiger partial charge >= 0.3 is 0 Å². The lowest BCUT2D eigenvalue weighted by molar-refractivity contribution is 0.0951. The average molecular weight is 381 g/mol. The quantitative estimate of drug-likeness (QED) is 0.762. The van der Waals surface area contributed by atoms with Crippen molar-refractivity contribution in [2.75, 3.05) is 13.7 Å². The molecule has 6 nitrogen and oxygen atoms in total. The molecule has 0 saturated heterocycles. The minimum atomic E-state index is -3.77. The standard InChI is InChI=1S/C19H28N2O4S/c1-13-5-3-4-6-16(13)21-26(23,24)18-11-15(9-10-17(18)25-2)19(22)20-12-14-7-8-14/h9-11,13-14,16,21H,3-8,12H2,1-2H3,(H,20,22). The Morgan fingerprint density at radius 1 is 1.19 bits per heavy atom. The molecule has 2 atom stereocenters. The van der Waals surface area contributed by atoms with Crippen molar-refractivity contribution in [3.05, 3.63) is 23.8 Å². The first-order chi connectivity index (χ1) is 12.4. The van der Waals surface area contributed by atoms with Crippen molar-refractivity contribution in [1.29, 1.82) is 0 Å². The van der Waals surface area contributed by atoms with E-state index in [-0.39, 0.29) is 22.6 Å². The Morgan fingerprint density at radius 3 is 2.58 bits per heavy atom. The fourth-order valence-electron chi connectivity index (χ4n) is 3.44. The molecule has 2 N–H and O–H groups in total. The van der Waals surface area contributed by atoms with Crippen molar-refractivity contribution in [3.63, 3.8) is 0 Å². The van der Waals surface area contributed by atoms with Crippen LogP contribution in [0.1, 0.15) is 55.8 Å². The Bertz CT molecular complexity index is 759. The van der Waals surface area contributed by atoms with Crippen LogP contribution in [-0.2, 0) is 10.0 Å². The fraction of sp³-hybridized carbons (Fsp3) is 0.632. The van der Waals surface area contributed by atoms with E-state index in [1.807, 2.05) is 0 Å². The van der Waals surface area contributed by atoms with E-state index in [2.05, 4.69) is 17.0 Å². The molecule has 7 heteroatoms. The van der Waals surface area contributed by atoms with Gasteiger partial charge in [0, 0.05) is 18.2 Å². The first kappa shape index (κ1) is 19.2. The van der Waals surface area contributed by atoms with Crippen LogP contribution in [0.3, 0.4) is 0 Å². The highest BCUT2D eigenvalue weighted by Crippen LogP contribution is 2.30. The summed E-state index contributed by atoms with van der Waals surface area (Å²) in [7, 11) is -2.33. The molecule has 2 aliphatic rings. The Balaban J connectivity index is 1.81. The molecule has 0 spiro atoms. The van der Waals surface area contributed by atoms with E-state index in [0.717, 1.165) is 38.5 Å². The minimum absolute atomic E-state index is 0.0249. The molecule has 1 aromatic rings. The lowest BCUT2D eigenvalue weighted by atomic mass is 9.87. The highest BCUT2D eigenvalue weighted by Gasteiger charge is 2.29. The number of hydrogen-bond donors (Lipinski definition) is 2. The number of carbonyl (C=O) groups excluding carboxylic acids is 1. The van der Waals surface area contributed by atoms with E-state index in [9.17, 15) is 13.2 Å². The Kier molecular flexibility index (Phi) is 5.87. The van der Waals surface area contributed by atoms with Crippen LogP contribution in [0.5, 0.6) is 5.75 Å². The van der Waals surface area contributed by atoms with E-state index in [4.69, 9.17) is 4.74 Å². The van der Waals surface area contributed by atoms with Gasteiger partial charge in [0.05, 0.1) is 7.11 Å². The SMILES string of the molecule is COc1ccc(C(=O)NCC2CC2)cc1S(=O)(=O)NC1CCCCC1C. The number of amides is 1. The van der Waals surface area contributed by atoms with Gasteiger partial charge in [-0.05, 0) is 55.7 Å². The summed E-state index contributed by atoms with van der Waals surface area (Å²) in [5.74, 6) is 0.867. The Hall–Kier alpha value is -1.60. The van der Waals surface area contributed by atoms with Crippen molar-refractivity contribution in [2.45, 2.75) is 56.4 Å². The monoisotopic (exact) mass is 380 g/mol. The number of hydrogen-bond acceptors (Lipinski definition) is 4. The van der Waals surface area contributed by atoms with Crippen molar-refractivity contribution in [2.24, 2.45) is 11.8 Å². The van der Waals surface area contributed by atoms with E-state index in [1.165, 1.54) is 13.2 Å². The van der Waals surface area contributed by atoms with Crippen LogP contribution in [0.25, 0.3) is 0 Å². The van der Waals surface area contributed by atoms with E-state index >= 15 is 0 Å². The van der Waals surface area contributed by atoms with Crippen LogP contribution in [0, 0.1) is 11.8 Å². The molecule has 0 aromatic heterocycles. The maximum atomic E-state index is 13.0. The van der Waals surface area contributed by atoms with Gasteiger partial charge in [0.2, 0.25) is 10.0 Å². The molecule has 2 fully saturated rings. The molecule has 3 rings (SSSR count). The predicted molar refractivity (Wildman–Crippen MR) is 99.8 cm³/mol. The molecule has 144 valence electrons. The maximum absolute atomic E-state index is 13.0. The summed E-state index contributed by atoms with van der Waals surface area (Å²) >= 11 is 0. The molecule has 0 radical (unpaired) electrons. The van der Waals surface area contributed by atoms with Crippen molar-refractivity contribution >= 4 is 15.9 Å². The summed E-state index contributed by atoms with van der Waals surface area (Å²) in [6.45, 7) is 2.72. The minimum Gasteiger partial charge on any atom is -0.495 e. The molecular weight excluding hydrogens is 352 g/mol. The van der Waals surface area contributed by atoms with E-state index in [0.29, 0.717) is 23.9 Å². The number of nitrogens with one attached hydrogen (secondary N) is 2. The van der Waals surface area contributed by atoms with Gasteiger partial charge in [0.15, 0.2) is 0 Å². The van der Waals surface area contributed by atoms with Crippen LogP contribution in [0.4, 0.5) is 0 Å². The van der Waals surface area contributed by atoms with Gasteiger partial charge in [-0.15, -0.1) is 0 Å². The third kappa shape index (κ3) is 4.57. The summed E-state index contributed by atoms with van der Waals surface area (Å²) in [5.41, 5.74) is 0.337. The Morgan fingerprint density at radius 2 is 1.92 bits per heavy atom. The van der Waals surface area contributed by atoms with Crippen LogP contribution in [0.2, 0.25) is 0 Å². The van der Waals surface area contributed by atoms with Gasteiger partial charge in [-0.3, -0.25) is 4.79 Å². The Labute approximate surface area is 155 Å². The van der Waals surface area contributed by atoms with E-state index in [1.54, 1.807) is 12.1 Å². The molecule has 26 heavy (non-hydrogen) atoms. The smallest absolute Gasteiger partial charge is 0.251 e. The topological polar surface area (TPSA) is 84.5 Å². The summed E-state index contributed by atoms with van der Waals surface area (Å²) in [5, 5.41) is 2.87. The second-order valence-corrected chi connectivity index (χ2v) is 9.19. The van der Waals surface area contributed by atoms with Gasteiger partial charge in [0.25, 0.3) is 5.91 Å². The second-order valence-electron chi connectivity index (χ2n) is 7.51. The number of ether oxygens (including phenoxy) is 1. The first-order valence-corrected chi connectivity index (χ1v) is 10.9. The largest absolute Gasteiger partial charge is 0.495 e. The molecule has 2 aliphatic carbocycles. The predicted octanol–water partition coefficient (Wildman–Crippen LogP) is 2.69. The molecule has 0 bridgehead atoms. The average Bonchev–Trinajstić information content (AvgIpc) is 3.45. The molecule has 1 amide bonds. The zero-order chi connectivity index (χ0) is 18.7. The van der Waals surface area contributed by atoms with Gasteiger partial charge in [-0.1, -0.05) is 19.8 Å². The summed E-state index contributed by atoms with van der Waals surface area (Å²) < 4.78 is 34.0. The summed E-state index contributed by atoms with van der Waals surface area (Å²) in [4.78, 5) is 12.4. The lowest BCUT2D eigenvalue weighted by Crippen LogP contribution is -2.41. The van der Waals surface area contributed by atoms with Crippen LogP contribution < -0.4 is 14.8 Å². The number of rotatable bonds is 7. The fourth-order valence-corrected chi connectivity index (χ4v) is 5.02. The summed E-state index contributed by atoms with van der Waals surface area (Å²) in [6, 6.07) is 4.48. The highest BCUT2D eigenvalue weighted by molar-refractivity contribution is 7.89. The van der Waals surface area contributed by atoms with E-state index < -0.39 is 10.0 Å². The number of carbonyl (C=O) groups is 1. The molecular formula is C19H28N2O4S. The normalized spacial score (nSPS) is 23.5. The van der Waals surface area contributed by atoms with Crippen molar-refractivity contribution < 1.29 is 17.9 Å². The number of benzene rings is 1. The number of sulfonamides is 1. The van der Waals surface area contributed by atoms with Gasteiger partial charge in [-0.25, -0.2) is 13.1 Å².